The maximum Gasteiger partial charge on any atom is 0.261 e. The molecule has 3 aromatic rings. The molecule has 112 valence electrons. The number of anilines is 1. The van der Waals surface area contributed by atoms with E-state index in [2.05, 4.69) is 15.5 Å². The van der Waals surface area contributed by atoms with Gasteiger partial charge in [0.1, 0.15) is 16.5 Å². The highest BCUT2D eigenvalue weighted by atomic mass is 32.1. The van der Waals surface area contributed by atoms with Gasteiger partial charge < -0.3 is 9.15 Å². The predicted molar refractivity (Wildman–Crippen MR) is 83.3 cm³/mol. The average Bonchev–Trinajstić information content (AvgIpc) is 3.16. The van der Waals surface area contributed by atoms with E-state index in [1.54, 1.807) is 20.1 Å². The Hall–Kier alpha value is -2.67. The molecule has 0 fully saturated rings. The fraction of sp³-hybridized carbons (Fsp3) is 0.133. The molecule has 7 heteroatoms. The van der Waals surface area contributed by atoms with E-state index in [1.807, 2.05) is 24.3 Å². The van der Waals surface area contributed by atoms with Gasteiger partial charge in [-0.15, -0.1) is 10.2 Å². The molecule has 0 unspecified atom stereocenters. The molecular formula is C15H13N3O3S. The number of carbonyl (C=O) groups is 1. The van der Waals surface area contributed by atoms with Crippen molar-refractivity contribution >= 4 is 22.4 Å². The minimum atomic E-state index is -0.260. The van der Waals surface area contributed by atoms with E-state index in [0.29, 0.717) is 16.5 Å². The molecule has 1 amide bonds. The number of benzene rings is 1. The van der Waals surface area contributed by atoms with Gasteiger partial charge in [-0.25, -0.2) is 0 Å². The number of furan rings is 1. The van der Waals surface area contributed by atoms with Crippen LogP contribution in [0.2, 0.25) is 0 Å². The molecule has 0 saturated heterocycles. The van der Waals surface area contributed by atoms with Gasteiger partial charge in [-0.05, 0) is 37.3 Å². The molecule has 1 aromatic carbocycles. The van der Waals surface area contributed by atoms with Crippen LogP contribution in [-0.2, 0) is 0 Å². The quantitative estimate of drug-likeness (QED) is 0.798. The van der Waals surface area contributed by atoms with Gasteiger partial charge in [-0.3, -0.25) is 10.1 Å². The molecule has 0 radical (unpaired) electrons. The standard InChI is InChI=1S/C15H13N3O3S/c1-9-12(7-8-21-9)13(19)16-15-18-17-14(22-15)10-3-5-11(20-2)6-4-10/h3-8H,1-2H3,(H,16,18,19). The summed E-state index contributed by atoms with van der Waals surface area (Å²) in [7, 11) is 1.62. The van der Waals surface area contributed by atoms with Crippen molar-refractivity contribution in [2.75, 3.05) is 12.4 Å². The van der Waals surface area contributed by atoms with Crippen LogP contribution in [-0.4, -0.2) is 23.2 Å². The number of aromatic nitrogens is 2. The highest BCUT2D eigenvalue weighted by Crippen LogP contribution is 2.28. The monoisotopic (exact) mass is 315 g/mol. The van der Waals surface area contributed by atoms with E-state index in [0.717, 1.165) is 16.3 Å². The predicted octanol–water partition coefficient (Wildman–Crippen LogP) is 3.37. The van der Waals surface area contributed by atoms with Crippen molar-refractivity contribution in [1.29, 1.82) is 0 Å². The summed E-state index contributed by atoms with van der Waals surface area (Å²) in [6.45, 7) is 1.73. The van der Waals surface area contributed by atoms with E-state index in [4.69, 9.17) is 9.15 Å². The first-order valence-corrected chi connectivity index (χ1v) is 7.32. The fourth-order valence-corrected chi connectivity index (χ4v) is 2.65. The first kappa shape index (κ1) is 14.3. The molecule has 0 aliphatic carbocycles. The number of amides is 1. The highest BCUT2D eigenvalue weighted by Gasteiger charge is 2.14. The van der Waals surface area contributed by atoms with E-state index in [1.165, 1.54) is 17.6 Å². The lowest BCUT2D eigenvalue weighted by molar-refractivity contribution is 0.102. The number of aryl methyl sites for hydroxylation is 1. The smallest absolute Gasteiger partial charge is 0.261 e. The zero-order valence-electron chi connectivity index (χ0n) is 12.0. The Morgan fingerprint density at radius 1 is 1.23 bits per heavy atom. The Morgan fingerprint density at radius 3 is 2.64 bits per heavy atom. The Balaban J connectivity index is 1.76. The van der Waals surface area contributed by atoms with Crippen LogP contribution in [0.4, 0.5) is 5.13 Å². The van der Waals surface area contributed by atoms with Crippen LogP contribution < -0.4 is 10.1 Å². The summed E-state index contributed by atoms with van der Waals surface area (Å²) in [6, 6.07) is 9.11. The third-order valence-corrected chi connectivity index (χ3v) is 3.97. The number of hydrogen-bond donors (Lipinski definition) is 1. The maximum atomic E-state index is 12.1. The number of nitrogens with one attached hydrogen (secondary N) is 1. The van der Waals surface area contributed by atoms with Crippen molar-refractivity contribution in [3.05, 3.63) is 47.9 Å². The highest BCUT2D eigenvalue weighted by molar-refractivity contribution is 7.18. The number of ether oxygens (including phenoxy) is 1. The first-order valence-electron chi connectivity index (χ1n) is 6.51. The van der Waals surface area contributed by atoms with Crippen molar-refractivity contribution in [2.24, 2.45) is 0 Å². The zero-order valence-corrected chi connectivity index (χ0v) is 12.8. The van der Waals surface area contributed by atoms with Crippen molar-refractivity contribution < 1.29 is 13.9 Å². The van der Waals surface area contributed by atoms with Gasteiger partial charge in [0.2, 0.25) is 5.13 Å². The second-order valence-electron chi connectivity index (χ2n) is 4.49. The molecule has 0 aliphatic rings. The number of nitrogens with zero attached hydrogens (tertiary/aromatic N) is 2. The number of rotatable bonds is 4. The van der Waals surface area contributed by atoms with E-state index >= 15 is 0 Å². The van der Waals surface area contributed by atoms with Gasteiger partial charge in [-0.2, -0.15) is 0 Å². The summed E-state index contributed by atoms with van der Waals surface area (Å²) in [6.07, 6.45) is 1.48. The Kier molecular flexibility index (Phi) is 3.88. The largest absolute Gasteiger partial charge is 0.497 e. The van der Waals surface area contributed by atoms with Crippen molar-refractivity contribution in [3.63, 3.8) is 0 Å². The minimum absolute atomic E-state index is 0.260. The molecule has 2 aromatic heterocycles. The first-order chi connectivity index (χ1) is 10.7. The average molecular weight is 315 g/mol. The van der Waals surface area contributed by atoms with Crippen LogP contribution in [0.15, 0.2) is 41.0 Å². The Bertz CT molecular complexity index is 792. The molecule has 3 rings (SSSR count). The summed E-state index contributed by atoms with van der Waals surface area (Å²) in [5, 5.41) is 12.0. The van der Waals surface area contributed by atoms with Gasteiger partial charge in [-0.1, -0.05) is 11.3 Å². The summed E-state index contributed by atoms with van der Waals surface area (Å²) in [4.78, 5) is 12.1. The number of methoxy groups -OCH3 is 1. The molecule has 0 bridgehead atoms. The SMILES string of the molecule is COc1ccc(-c2nnc(NC(=O)c3ccoc3C)s2)cc1. The summed E-state index contributed by atoms with van der Waals surface area (Å²) < 4.78 is 10.2. The molecule has 0 spiro atoms. The third-order valence-electron chi connectivity index (χ3n) is 3.09. The van der Waals surface area contributed by atoms with E-state index in [9.17, 15) is 4.79 Å². The molecule has 22 heavy (non-hydrogen) atoms. The summed E-state index contributed by atoms with van der Waals surface area (Å²) >= 11 is 1.31. The van der Waals surface area contributed by atoms with Crippen LogP contribution >= 0.6 is 11.3 Å². The van der Waals surface area contributed by atoms with Crippen molar-refractivity contribution in [1.82, 2.24) is 10.2 Å². The third kappa shape index (κ3) is 2.84. The van der Waals surface area contributed by atoms with Crippen LogP contribution in [0.1, 0.15) is 16.1 Å². The molecular weight excluding hydrogens is 302 g/mol. The zero-order chi connectivity index (χ0) is 15.5. The lowest BCUT2D eigenvalue weighted by atomic mass is 10.2. The summed E-state index contributed by atoms with van der Waals surface area (Å²) in [5.74, 6) is 1.08. The van der Waals surface area contributed by atoms with Gasteiger partial charge >= 0.3 is 0 Å². The maximum absolute atomic E-state index is 12.1. The lowest BCUT2D eigenvalue weighted by Gasteiger charge is -2.00. The number of carbonyl (C=O) groups excluding carboxylic acids is 1. The fourth-order valence-electron chi connectivity index (χ4n) is 1.91. The molecule has 1 N–H and O–H groups in total. The molecule has 0 aliphatic heterocycles. The van der Waals surface area contributed by atoms with Crippen LogP contribution in [0.25, 0.3) is 10.6 Å². The summed E-state index contributed by atoms with van der Waals surface area (Å²) in [5.41, 5.74) is 1.40. The van der Waals surface area contributed by atoms with Crippen LogP contribution in [0.3, 0.4) is 0 Å². The van der Waals surface area contributed by atoms with Gasteiger partial charge in [0.15, 0.2) is 0 Å². The normalized spacial score (nSPS) is 10.5. The van der Waals surface area contributed by atoms with Gasteiger partial charge in [0, 0.05) is 5.56 Å². The molecule has 6 nitrogen and oxygen atoms in total. The van der Waals surface area contributed by atoms with Crippen LogP contribution in [0, 0.1) is 6.92 Å². The topological polar surface area (TPSA) is 77.3 Å². The number of hydrogen-bond acceptors (Lipinski definition) is 6. The van der Waals surface area contributed by atoms with Gasteiger partial charge in [0.05, 0.1) is 18.9 Å². The van der Waals surface area contributed by atoms with Gasteiger partial charge in [0.25, 0.3) is 5.91 Å². The second kappa shape index (κ2) is 5.98. The Morgan fingerprint density at radius 2 is 2.00 bits per heavy atom. The molecule has 2 heterocycles. The minimum Gasteiger partial charge on any atom is -0.497 e. The second-order valence-corrected chi connectivity index (χ2v) is 5.46. The lowest BCUT2D eigenvalue weighted by Crippen LogP contribution is -2.11. The van der Waals surface area contributed by atoms with Crippen molar-refractivity contribution in [3.8, 4) is 16.3 Å². The molecule has 0 atom stereocenters. The van der Waals surface area contributed by atoms with E-state index < -0.39 is 0 Å². The van der Waals surface area contributed by atoms with Crippen molar-refractivity contribution in [2.45, 2.75) is 6.92 Å². The van der Waals surface area contributed by atoms with E-state index in [-0.39, 0.29) is 5.91 Å². The Labute approximate surface area is 130 Å². The van der Waals surface area contributed by atoms with Crippen LogP contribution in [0.5, 0.6) is 5.75 Å². The molecule has 0 saturated carbocycles.